The Labute approximate surface area is 265 Å². The molecule has 0 radical (unpaired) electrons. The van der Waals surface area contributed by atoms with Crippen LogP contribution in [0.5, 0.6) is 0 Å². The molecule has 0 aliphatic heterocycles. The Balaban J connectivity index is 1.97. The van der Waals surface area contributed by atoms with Crippen LogP contribution in [0.4, 0.5) is 11.4 Å². The zero-order valence-electron chi connectivity index (χ0n) is 27.3. The molecule has 4 N–H and O–H groups in total. The van der Waals surface area contributed by atoms with E-state index < -0.39 is 36.3 Å². The second kappa shape index (κ2) is 18.2. The normalized spacial score (nSPS) is 12.0. The van der Waals surface area contributed by atoms with E-state index in [0.29, 0.717) is 17.8 Å². The van der Waals surface area contributed by atoms with Gasteiger partial charge in [0.15, 0.2) is 0 Å². The topological polar surface area (TPSA) is 139 Å². The summed E-state index contributed by atoms with van der Waals surface area (Å²) in [6, 6.07) is 11.6. The third-order valence-electron chi connectivity index (χ3n) is 8.30. The third kappa shape index (κ3) is 11.6. The van der Waals surface area contributed by atoms with Crippen molar-refractivity contribution in [2.75, 3.05) is 11.5 Å². The summed E-state index contributed by atoms with van der Waals surface area (Å²) in [7, 11) is 0. The number of nitrogen functional groups attached to an aromatic ring is 2. The molecule has 2 rings (SSSR count). The molecule has 0 aliphatic rings. The molecule has 0 atom stereocenters. The van der Waals surface area contributed by atoms with Crippen molar-refractivity contribution in [2.24, 2.45) is 5.92 Å². The first kappa shape index (κ1) is 37.4. The van der Waals surface area contributed by atoms with Crippen molar-refractivity contribution in [3.63, 3.8) is 0 Å². The molecule has 2 aromatic rings. The molecule has 2 aromatic carbocycles. The van der Waals surface area contributed by atoms with Crippen LogP contribution < -0.4 is 11.5 Å². The van der Waals surface area contributed by atoms with Crippen LogP contribution in [0.25, 0.3) is 0 Å². The number of carbonyl (C=O) groups excluding carboxylic acids is 3. The van der Waals surface area contributed by atoms with Gasteiger partial charge in [0.05, 0.1) is 0 Å². The van der Waals surface area contributed by atoms with E-state index in [1.165, 1.54) is 114 Å². The zero-order chi connectivity index (χ0) is 32.6. The third-order valence-corrected chi connectivity index (χ3v) is 15.2. The fourth-order valence-electron chi connectivity index (χ4n) is 5.23. The van der Waals surface area contributed by atoms with Crippen molar-refractivity contribution < 1.29 is 40.4 Å². The summed E-state index contributed by atoms with van der Waals surface area (Å²) in [6.45, 7) is 7.53. The van der Waals surface area contributed by atoms with Gasteiger partial charge in [-0.05, 0) is 5.92 Å². The predicted octanol–water partition coefficient (Wildman–Crippen LogP) is 9.20. The van der Waals surface area contributed by atoms with Crippen LogP contribution in [-0.4, -0.2) is 16.0 Å². The van der Waals surface area contributed by atoms with Gasteiger partial charge in [-0.3, -0.25) is 0 Å². The zero-order valence-corrected chi connectivity index (χ0v) is 28.8. The number of hydrogen-bond acceptors (Lipinski definition) is 8. The quantitative estimate of drug-likeness (QED) is 0.0777. The van der Waals surface area contributed by atoms with E-state index in [1.807, 2.05) is 0 Å². The van der Waals surface area contributed by atoms with Crippen LogP contribution >= 0.6 is 0 Å². The van der Waals surface area contributed by atoms with E-state index in [4.69, 9.17) is 18.1 Å². The van der Waals surface area contributed by atoms with Crippen molar-refractivity contribution in [3.8, 4) is 0 Å². The second-order valence-corrected chi connectivity index (χ2v) is 19.4. The maximum absolute atomic E-state index is 14.9. The Morgan fingerprint density at radius 3 is 1.27 bits per heavy atom. The van der Waals surface area contributed by atoms with E-state index in [1.54, 1.807) is 0 Å². The molecular formula is C35H54N2O6Ti. The number of benzene rings is 2. The molecule has 0 bridgehead atoms. The molecule has 9 heteroatoms. The van der Waals surface area contributed by atoms with Gasteiger partial charge in [-0.1, -0.05) is 33.1 Å². The van der Waals surface area contributed by atoms with Crippen LogP contribution in [0.3, 0.4) is 0 Å². The standard InChI is InChI=1S/C18H35O.2C7H7NO2.C3H7.O.Ti/c1-18(2)16-14-12-10-8-6-4-3-5-7-9-11-13-15-17-19;2*8-6-3-1-5(2-4-6)7(9)10;1-3-2;;/h18H,3-16H2,1-2H3;2*1-4H,8H2,(H,9,10);3H,1-2H3;;/q;;;;;+2/p-2. The van der Waals surface area contributed by atoms with Crippen molar-refractivity contribution in [2.45, 2.75) is 122 Å². The van der Waals surface area contributed by atoms with Crippen LogP contribution in [0.15, 0.2) is 48.5 Å². The number of anilines is 2. The van der Waals surface area contributed by atoms with Crippen molar-refractivity contribution >= 4 is 27.4 Å². The number of hydrogen-bond donors (Lipinski definition) is 2. The van der Waals surface area contributed by atoms with Crippen molar-refractivity contribution in [3.05, 3.63) is 59.7 Å². The first-order chi connectivity index (χ1) is 20.9. The molecule has 0 amide bonds. The van der Waals surface area contributed by atoms with E-state index in [-0.39, 0.29) is 17.5 Å². The van der Waals surface area contributed by atoms with Crippen LogP contribution in [-0.2, 0) is 30.8 Å². The van der Waals surface area contributed by atoms with Crippen molar-refractivity contribution in [1.29, 1.82) is 0 Å². The number of unbranched alkanes of at least 4 members (excludes halogenated alkanes) is 11. The van der Waals surface area contributed by atoms with Crippen LogP contribution in [0.2, 0.25) is 4.22 Å². The van der Waals surface area contributed by atoms with E-state index >= 15 is 0 Å². The van der Waals surface area contributed by atoms with Gasteiger partial charge in [0.1, 0.15) is 0 Å². The Morgan fingerprint density at radius 1 is 0.591 bits per heavy atom. The van der Waals surface area contributed by atoms with Gasteiger partial charge in [-0.2, -0.15) is 0 Å². The van der Waals surface area contributed by atoms with Gasteiger partial charge >= 0.3 is 228 Å². The summed E-state index contributed by atoms with van der Waals surface area (Å²) in [4.78, 5) is 40.2. The Bertz CT molecular complexity index is 1190. The summed E-state index contributed by atoms with van der Waals surface area (Å²) < 4.78 is 24.2. The molecule has 8 nitrogen and oxygen atoms in total. The minimum atomic E-state index is -6.68. The molecule has 0 spiro atoms. The van der Waals surface area contributed by atoms with Gasteiger partial charge in [0.2, 0.25) is 0 Å². The Morgan fingerprint density at radius 2 is 0.932 bits per heavy atom. The van der Waals surface area contributed by atoms with Gasteiger partial charge in [0, 0.05) is 0 Å². The van der Waals surface area contributed by atoms with E-state index in [2.05, 4.69) is 13.8 Å². The molecule has 0 fully saturated rings. The van der Waals surface area contributed by atoms with Gasteiger partial charge < -0.3 is 0 Å². The van der Waals surface area contributed by atoms with Crippen molar-refractivity contribution in [1.82, 2.24) is 0 Å². The minimum absolute atomic E-state index is 0.0497. The summed E-state index contributed by atoms with van der Waals surface area (Å²) in [5, 5.41) is 0. The number of rotatable bonds is 21. The number of carbonyl (C=O) groups is 3. The summed E-state index contributed by atoms with van der Waals surface area (Å²) in [5.41, 5.74) is 12.4. The molecular weight excluding hydrogens is 592 g/mol. The first-order valence-corrected chi connectivity index (χ1v) is 20.1. The molecule has 0 heterocycles. The first-order valence-electron chi connectivity index (χ1n) is 16.5. The molecule has 44 heavy (non-hydrogen) atoms. The molecule has 0 unspecified atom stereocenters. The molecule has 0 saturated carbocycles. The average molecular weight is 647 g/mol. The summed E-state index contributed by atoms with van der Waals surface area (Å²) in [5.74, 6) is -1.20. The monoisotopic (exact) mass is 646 g/mol. The molecule has 0 saturated heterocycles. The number of nitrogens with two attached hydrogens (primary N) is 2. The molecule has 244 valence electrons. The van der Waals surface area contributed by atoms with Crippen LogP contribution in [0.1, 0.15) is 138 Å². The molecule has 0 aromatic heterocycles. The van der Waals surface area contributed by atoms with E-state index in [9.17, 15) is 17.7 Å². The SMILES string of the molecule is CC(C)CCCCCCCCCCCCCC[C](=O)[Ti](=[O])([O]C(=O)c1ccc(N)cc1)([O]C(=O)c1ccc(N)cc1)[CH](C)C. The van der Waals surface area contributed by atoms with Gasteiger partial charge in [0.25, 0.3) is 0 Å². The van der Waals surface area contributed by atoms with Crippen LogP contribution in [0, 0.1) is 5.92 Å². The van der Waals surface area contributed by atoms with Gasteiger partial charge in [-0.15, -0.1) is 0 Å². The fraction of sp³-hybridized carbons (Fsp3) is 0.571. The fourth-order valence-corrected chi connectivity index (χ4v) is 9.84. The van der Waals surface area contributed by atoms with Gasteiger partial charge in [-0.25, -0.2) is 0 Å². The summed E-state index contributed by atoms with van der Waals surface area (Å²) >= 11 is -6.68. The average Bonchev–Trinajstić information content (AvgIpc) is 2.97. The second-order valence-electron chi connectivity index (χ2n) is 12.8. The Kier molecular flexibility index (Phi) is 15.5. The summed E-state index contributed by atoms with van der Waals surface area (Å²) in [6.07, 6.45) is 14.7. The Hall–Kier alpha value is -2.84. The predicted molar refractivity (Wildman–Crippen MR) is 173 cm³/mol. The molecule has 0 aliphatic carbocycles. The maximum atomic E-state index is 14.9. The van der Waals surface area contributed by atoms with E-state index in [0.717, 1.165) is 31.6 Å².